The van der Waals surface area contributed by atoms with Crippen LogP contribution in [-0.4, -0.2) is 29.0 Å². The van der Waals surface area contributed by atoms with E-state index in [9.17, 15) is 4.79 Å². The summed E-state index contributed by atoms with van der Waals surface area (Å²) in [5, 5.41) is 2.78. The van der Waals surface area contributed by atoms with E-state index in [1.54, 1.807) is 24.7 Å². The lowest BCUT2D eigenvalue weighted by Crippen LogP contribution is -2.30. The van der Waals surface area contributed by atoms with Crippen LogP contribution in [0, 0.1) is 0 Å². The Hall–Kier alpha value is -2.34. The minimum Gasteiger partial charge on any atom is -0.484 e. The van der Waals surface area contributed by atoms with E-state index in [1.165, 1.54) is 0 Å². The molecule has 0 fully saturated rings. The number of ether oxygens (including phenoxy) is 1. The van der Waals surface area contributed by atoms with Crippen LogP contribution in [0.5, 0.6) is 5.75 Å². The molecule has 2 rings (SSSR count). The number of nitrogens with two attached hydrogens (primary N) is 1. The molecule has 20 heavy (non-hydrogen) atoms. The average Bonchev–Trinajstić information content (AvgIpc) is 2.99. The monoisotopic (exact) mass is 274 g/mol. The van der Waals surface area contributed by atoms with Crippen molar-refractivity contribution in [3.05, 3.63) is 48.0 Å². The zero-order chi connectivity index (χ0) is 14.2. The number of H-pyrrole nitrogens is 1. The summed E-state index contributed by atoms with van der Waals surface area (Å²) in [5.74, 6) is 0.512. The molecule has 0 aliphatic carbocycles. The number of nitrogens with one attached hydrogen (secondary N) is 2. The Kier molecular flexibility index (Phi) is 5.14. The van der Waals surface area contributed by atoms with Crippen LogP contribution in [-0.2, 0) is 17.8 Å². The highest BCUT2D eigenvalue weighted by atomic mass is 16.5. The number of benzene rings is 1. The van der Waals surface area contributed by atoms with E-state index in [0.29, 0.717) is 18.8 Å². The maximum atomic E-state index is 11.6. The van der Waals surface area contributed by atoms with E-state index >= 15 is 0 Å². The lowest BCUT2D eigenvalue weighted by atomic mass is 10.2. The van der Waals surface area contributed by atoms with E-state index in [-0.39, 0.29) is 12.5 Å². The average molecular weight is 274 g/mol. The highest BCUT2D eigenvalue weighted by Gasteiger charge is 2.03. The van der Waals surface area contributed by atoms with Gasteiger partial charge < -0.3 is 20.8 Å². The molecule has 1 aromatic heterocycles. The first kappa shape index (κ1) is 14.1. The minimum absolute atomic E-state index is 0.00491. The molecule has 0 atom stereocenters. The molecule has 0 saturated heterocycles. The van der Waals surface area contributed by atoms with Crippen molar-refractivity contribution in [3.8, 4) is 5.75 Å². The fourth-order valence-corrected chi connectivity index (χ4v) is 1.68. The first-order valence-corrected chi connectivity index (χ1v) is 6.43. The van der Waals surface area contributed by atoms with E-state index in [1.807, 2.05) is 12.1 Å². The summed E-state index contributed by atoms with van der Waals surface area (Å²) in [6.45, 7) is 1.05. The smallest absolute Gasteiger partial charge is 0.257 e. The van der Waals surface area contributed by atoms with E-state index in [0.717, 1.165) is 17.7 Å². The fourth-order valence-electron chi connectivity index (χ4n) is 1.68. The van der Waals surface area contributed by atoms with Crippen LogP contribution in [0.3, 0.4) is 0 Å². The van der Waals surface area contributed by atoms with Crippen LogP contribution >= 0.6 is 0 Å². The molecular weight excluding hydrogens is 256 g/mol. The quantitative estimate of drug-likeness (QED) is 0.689. The van der Waals surface area contributed by atoms with Gasteiger partial charge >= 0.3 is 0 Å². The second-order valence-corrected chi connectivity index (χ2v) is 4.31. The Morgan fingerprint density at radius 2 is 2.15 bits per heavy atom. The van der Waals surface area contributed by atoms with Crippen molar-refractivity contribution in [2.45, 2.75) is 13.0 Å². The van der Waals surface area contributed by atoms with Crippen LogP contribution in [0.15, 0.2) is 36.8 Å². The number of nitrogens with zero attached hydrogens (tertiary/aromatic N) is 1. The topological polar surface area (TPSA) is 93.0 Å². The molecule has 0 radical (unpaired) electrons. The molecule has 4 N–H and O–H groups in total. The van der Waals surface area contributed by atoms with Crippen molar-refractivity contribution in [2.24, 2.45) is 5.73 Å². The number of imidazole rings is 1. The van der Waals surface area contributed by atoms with Gasteiger partial charge in [-0.2, -0.15) is 0 Å². The number of aromatic nitrogens is 2. The molecule has 1 amide bonds. The minimum atomic E-state index is -0.146. The summed E-state index contributed by atoms with van der Waals surface area (Å²) in [4.78, 5) is 18.5. The number of rotatable bonds is 7. The molecular formula is C14H18N4O2. The highest BCUT2D eigenvalue weighted by Crippen LogP contribution is 2.11. The number of amides is 1. The largest absolute Gasteiger partial charge is 0.484 e. The predicted octanol–water partition coefficient (Wildman–Crippen LogP) is 0.606. The van der Waals surface area contributed by atoms with Crippen LogP contribution < -0.4 is 15.8 Å². The summed E-state index contributed by atoms with van der Waals surface area (Å²) in [6.07, 6.45) is 4.07. The van der Waals surface area contributed by atoms with Gasteiger partial charge in [0.1, 0.15) is 5.75 Å². The summed E-state index contributed by atoms with van der Waals surface area (Å²) < 4.78 is 5.38. The molecule has 0 bridgehead atoms. The van der Waals surface area contributed by atoms with Crippen LogP contribution in [0.25, 0.3) is 0 Å². The van der Waals surface area contributed by atoms with Gasteiger partial charge in [-0.05, 0) is 17.7 Å². The van der Waals surface area contributed by atoms with Gasteiger partial charge in [0.15, 0.2) is 6.61 Å². The Bertz CT molecular complexity index is 523. The standard InChI is InChI=1S/C14H18N4O2/c15-7-11-1-3-13(4-2-11)20-9-14(19)17-6-5-12-8-16-10-18-12/h1-4,8,10H,5-7,9,15H2,(H,16,18)(H,17,19). The summed E-state index contributed by atoms with van der Waals surface area (Å²) >= 11 is 0. The van der Waals surface area contributed by atoms with Gasteiger partial charge in [-0.3, -0.25) is 4.79 Å². The van der Waals surface area contributed by atoms with Crippen molar-refractivity contribution in [1.82, 2.24) is 15.3 Å². The number of carbonyl (C=O) groups is 1. The van der Waals surface area contributed by atoms with Gasteiger partial charge in [0.2, 0.25) is 0 Å². The number of aromatic amines is 1. The van der Waals surface area contributed by atoms with E-state index in [4.69, 9.17) is 10.5 Å². The third-order valence-electron chi connectivity index (χ3n) is 2.80. The lowest BCUT2D eigenvalue weighted by Gasteiger charge is -2.07. The molecule has 1 heterocycles. The Labute approximate surface area is 117 Å². The first-order valence-electron chi connectivity index (χ1n) is 6.43. The van der Waals surface area contributed by atoms with Gasteiger partial charge in [0, 0.05) is 31.4 Å². The van der Waals surface area contributed by atoms with Crippen molar-refractivity contribution >= 4 is 5.91 Å². The van der Waals surface area contributed by atoms with Gasteiger partial charge in [0.25, 0.3) is 5.91 Å². The van der Waals surface area contributed by atoms with Gasteiger partial charge in [-0.25, -0.2) is 4.98 Å². The number of carbonyl (C=O) groups excluding carboxylic acids is 1. The van der Waals surface area contributed by atoms with Gasteiger partial charge in [-0.1, -0.05) is 12.1 Å². The van der Waals surface area contributed by atoms with Crippen molar-refractivity contribution in [3.63, 3.8) is 0 Å². The molecule has 6 heteroatoms. The Morgan fingerprint density at radius 3 is 2.80 bits per heavy atom. The third kappa shape index (κ3) is 4.40. The lowest BCUT2D eigenvalue weighted by molar-refractivity contribution is -0.123. The molecule has 0 spiro atoms. The maximum absolute atomic E-state index is 11.6. The number of hydrogen-bond donors (Lipinski definition) is 3. The molecule has 1 aromatic carbocycles. The number of hydrogen-bond acceptors (Lipinski definition) is 4. The van der Waals surface area contributed by atoms with Gasteiger partial charge in [-0.15, -0.1) is 0 Å². The highest BCUT2D eigenvalue weighted by molar-refractivity contribution is 5.77. The normalized spacial score (nSPS) is 10.2. The molecule has 0 saturated carbocycles. The predicted molar refractivity (Wildman–Crippen MR) is 75.1 cm³/mol. The van der Waals surface area contributed by atoms with Crippen LogP contribution in [0.2, 0.25) is 0 Å². The maximum Gasteiger partial charge on any atom is 0.257 e. The van der Waals surface area contributed by atoms with Crippen molar-refractivity contribution < 1.29 is 9.53 Å². The van der Waals surface area contributed by atoms with Crippen molar-refractivity contribution in [2.75, 3.05) is 13.2 Å². The molecule has 106 valence electrons. The molecule has 0 aliphatic rings. The third-order valence-corrected chi connectivity index (χ3v) is 2.80. The van der Waals surface area contributed by atoms with Crippen LogP contribution in [0.4, 0.5) is 0 Å². The second-order valence-electron chi connectivity index (χ2n) is 4.31. The fraction of sp³-hybridized carbons (Fsp3) is 0.286. The summed E-state index contributed by atoms with van der Waals surface area (Å²) in [7, 11) is 0. The van der Waals surface area contributed by atoms with E-state index < -0.39 is 0 Å². The molecule has 2 aromatic rings. The molecule has 0 unspecified atom stereocenters. The van der Waals surface area contributed by atoms with E-state index in [2.05, 4.69) is 15.3 Å². The van der Waals surface area contributed by atoms with Crippen LogP contribution in [0.1, 0.15) is 11.3 Å². The van der Waals surface area contributed by atoms with Crippen molar-refractivity contribution in [1.29, 1.82) is 0 Å². The zero-order valence-corrected chi connectivity index (χ0v) is 11.1. The SMILES string of the molecule is NCc1ccc(OCC(=O)NCCc2cnc[nH]2)cc1. The first-order chi connectivity index (χ1) is 9.78. The summed E-state index contributed by atoms with van der Waals surface area (Å²) in [6, 6.07) is 7.37. The Balaban J connectivity index is 1.66. The second kappa shape index (κ2) is 7.30. The zero-order valence-electron chi connectivity index (χ0n) is 11.1. The Morgan fingerprint density at radius 1 is 1.35 bits per heavy atom. The van der Waals surface area contributed by atoms with Gasteiger partial charge in [0.05, 0.1) is 6.33 Å². The summed E-state index contributed by atoms with van der Waals surface area (Å²) in [5.41, 5.74) is 7.52. The molecule has 6 nitrogen and oxygen atoms in total. The molecule has 0 aliphatic heterocycles.